The van der Waals surface area contributed by atoms with Crippen LogP contribution in [-0.2, 0) is 19.5 Å². The van der Waals surface area contributed by atoms with Crippen LogP contribution in [0.4, 0.5) is 0 Å². The molecule has 2 heterocycles. The van der Waals surface area contributed by atoms with Crippen molar-refractivity contribution in [3.05, 3.63) is 52.8 Å². The summed E-state index contributed by atoms with van der Waals surface area (Å²) in [5.41, 5.74) is 8.71. The maximum absolute atomic E-state index is 12.9. The van der Waals surface area contributed by atoms with E-state index in [0.29, 0.717) is 30.1 Å². The minimum Gasteiger partial charge on any atom is -0.366 e. The summed E-state index contributed by atoms with van der Waals surface area (Å²) in [6.07, 6.45) is 10.8. The van der Waals surface area contributed by atoms with Gasteiger partial charge < -0.3 is 10.6 Å². The molecule has 0 bridgehead atoms. The summed E-state index contributed by atoms with van der Waals surface area (Å²) < 4.78 is 1.93. The zero-order valence-corrected chi connectivity index (χ0v) is 15.6. The zero-order chi connectivity index (χ0) is 18.8. The van der Waals surface area contributed by atoms with Gasteiger partial charge in [0.2, 0.25) is 5.91 Å². The van der Waals surface area contributed by atoms with Crippen LogP contribution in [0.3, 0.4) is 0 Å². The third-order valence-electron chi connectivity index (χ3n) is 5.84. The number of aromatic nitrogens is 2. The number of rotatable bonds is 4. The van der Waals surface area contributed by atoms with Crippen LogP contribution < -0.4 is 5.73 Å². The quantitative estimate of drug-likeness (QED) is 0.903. The monoisotopic (exact) mass is 366 g/mol. The summed E-state index contributed by atoms with van der Waals surface area (Å²) in [6, 6.07) is 5.49. The van der Waals surface area contributed by atoms with Crippen molar-refractivity contribution in [2.45, 2.75) is 51.6 Å². The second-order valence-electron chi connectivity index (χ2n) is 7.78. The molecule has 27 heavy (non-hydrogen) atoms. The van der Waals surface area contributed by atoms with E-state index in [0.717, 1.165) is 24.1 Å². The molecule has 1 fully saturated rings. The van der Waals surface area contributed by atoms with Gasteiger partial charge >= 0.3 is 0 Å². The van der Waals surface area contributed by atoms with Crippen LogP contribution in [-0.4, -0.2) is 33.0 Å². The molecule has 6 nitrogen and oxygen atoms in total. The molecule has 0 radical (unpaired) electrons. The first-order chi connectivity index (χ1) is 13.1. The Morgan fingerprint density at radius 2 is 1.93 bits per heavy atom. The van der Waals surface area contributed by atoms with Crippen LogP contribution in [0.25, 0.3) is 0 Å². The Morgan fingerprint density at radius 3 is 2.70 bits per heavy atom. The van der Waals surface area contributed by atoms with E-state index in [1.807, 2.05) is 27.9 Å². The van der Waals surface area contributed by atoms with Crippen molar-refractivity contribution >= 4 is 11.8 Å². The van der Waals surface area contributed by atoms with Crippen LogP contribution in [0, 0.1) is 5.92 Å². The average molecular weight is 366 g/mol. The van der Waals surface area contributed by atoms with Gasteiger partial charge in [-0.05, 0) is 48.4 Å². The number of amides is 2. The van der Waals surface area contributed by atoms with Gasteiger partial charge in [-0.15, -0.1) is 0 Å². The van der Waals surface area contributed by atoms with Crippen LogP contribution in [0.5, 0.6) is 0 Å². The third kappa shape index (κ3) is 3.89. The molecular formula is C21H26N4O2. The molecule has 1 aromatic heterocycles. The first-order valence-corrected chi connectivity index (χ1v) is 9.83. The molecule has 1 aliphatic carbocycles. The Hall–Kier alpha value is -2.63. The van der Waals surface area contributed by atoms with Crippen LogP contribution in [0.15, 0.2) is 30.6 Å². The predicted molar refractivity (Wildman–Crippen MR) is 102 cm³/mol. The SMILES string of the molecule is NC(=O)c1ccc2c(c1)CCN(C(=O)c1cnn(CC3CCCCC3)c1)C2. The number of hydrogen-bond donors (Lipinski definition) is 1. The predicted octanol–water partition coefficient (Wildman–Crippen LogP) is 2.76. The highest BCUT2D eigenvalue weighted by Gasteiger charge is 2.24. The molecule has 2 N–H and O–H groups in total. The fourth-order valence-electron chi connectivity index (χ4n) is 4.27. The van der Waals surface area contributed by atoms with Crippen molar-refractivity contribution in [2.24, 2.45) is 11.7 Å². The first-order valence-electron chi connectivity index (χ1n) is 9.83. The van der Waals surface area contributed by atoms with Gasteiger partial charge in [0.05, 0.1) is 11.8 Å². The summed E-state index contributed by atoms with van der Waals surface area (Å²) in [6.45, 7) is 2.11. The number of carbonyl (C=O) groups is 2. The number of primary amides is 1. The lowest BCUT2D eigenvalue weighted by Crippen LogP contribution is -2.36. The topological polar surface area (TPSA) is 81.2 Å². The molecule has 2 aromatic rings. The molecule has 2 aliphatic rings. The van der Waals surface area contributed by atoms with Crippen molar-refractivity contribution in [1.82, 2.24) is 14.7 Å². The van der Waals surface area contributed by atoms with Crippen molar-refractivity contribution in [2.75, 3.05) is 6.54 Å². The minimum atomic E-state index is -0.415. The van der Waals surface area contributed by atoms with Gasteiger partial charge in [0.1, 0.15) is 0 Å². The molecule has 0 spiro atoms. The highest BCUT2D eigenvalue weighted by Crippen LogP contribution is 2.25. The van der Waals surface area contributed by atoms with Gasteiger partial charge in [0.25, 0.3) is 5.91 Å². The Bertz CT molecular complexity index is 852. The van der Waals surface area contributed by atoms with Crippen molar-refractivity contribution in [3.63, 3.8) is 0 Å². The first kappa shape index (κ1) is 17.8. The van der Waals surface area contributed by atoms with E-state index in [4.69, 9.17) is 5.73 Å². The molecule has 2 amide bonds. The number of fused-ring (bicyclic) bond motifs is 1. The summed E-state index contributed by atoms with van der Waals surface area (Å²) in [5.74, 6) is 0.291. The van der Waals surface area contributed by atoms with E-state index in [1.54, 1.807) is 12.3 Å². The van der Waals surface area contributed by atoms with E-state index in [1.165, 1.54) is 32.1 Å². The molecule has 1 aliphatic heterocycles. The number of hydrogen-bond acceptors (Lipinski definition) is 3. The molecular weight excluding hydrogens is 340 g/mol. The summed E-state index contributed by atoms with van der Waals surface area (Å²) >= 11 is 0. The minimum absolute atomic E-state index is 0.0227. The van der Waals surface area contributed by atoms with E-state index in [2.05, 4.69) is 5.10 Å². The second kappa shape index (κ2) is 7.55. The molecule has 1 aromatic carbocycles. The maximum Gasteiger partial charge on any atom is 0.257 e. The number of benzene rings is 1. The van der Waals surface area contributed by atoms with Crippen molar-refractivity contribution < 1.29 is 9.59 Å². The maximum atomic E-state index is 12.9. The number of nitrogens with zero attached hydrogens (tertiary/aromatic N) is 3. The lowest BCUT2D eigenvalue weighted by Gasteiger charge is -2.28. The van der Waals surface area contributed by atoms with Gasteiger partial charge in [0.15, 0.2) is 0 Å². The molecule has 1 saturated carbocycles. The Kier molecular flexibility index (Phi) is 4.97. The highest BCUT2D eigenvalue weighted by molar-refractivity contribution is 5.94. The summed E-state index contributed by atoms with van der Waals surface area (Å²) in [4.78, 5) is 26.1. The van der Waals surface area contributed by atoms with Crippen molar-refractivity contribution in [1.29, 1.82) is 0 Å². The van der Waals surface area contributed by atoms with E-state index in [9.17, 15) is 9.59 Å². The Labute approximate surface area is 159 Å². The summed E-state index contributed by atoms with van der Waals surface area (Å²) in [5, 5.41) is 4.42. The molecule has 0 saturated heterocycles. The van der Waals surface area contributed by atoms with Gasteiger partial charge in [0, 0.05) is 31.4 Å². The average Bonchev–Trinajstić information content (AvgIpc) is 3.15. The van der Waals surface area contributed by atoms with Gasteiger partial charge in [-0.25, -0.2) is 0 Å². The van der Waals surface area contributed by atoms with E-state index >= 15 is 0 Å². The normalized spacial score (nSPS) is 17.6. The van der Waals surface area contributed by atoms with Gasteiger partial charge in [-0.1, -0.05) is 25.3 Å². The fourth-order valence-corrected chi connectivity index (χ4v) is 4.27. The number of nitrogens with two attached hydrogens (primary N) is 1. The lowest BCUT2D eigenvalue weighted by atomic mass is 9.89. The molecule has 0 unspecified atom stereocenters. The number of carbonyl (C=O) groups excluding carboxylic acids is 2. The van der Waals surface area contributed by atoms with Crippen LogP contribution in [0.2, 0.25) is 0 Å². The molecule has 0 atom stereocenters. The van der Waals surface area contributed by atoms with Gasteiger partial charge in [-0.2, -0.15) is 5.10 Å². The molecule has 4 rings (SSSR count). The standard InChI is InChI=1S/C21H26N4O2/c22-20(26)17-6-7-18-13-24(9-8-16(18)10-17)21(27)19-11-23-25(14-19)12-15-4-2-1-3-5-15/h6-7,10-11,14-15H,1-5,8-9,12-13H2,(H2,22,26). The van der Waals surface area contributed by atoms with Crippen LogP contribution >= 0.6 is 0 Å². The molecule has 6 heteroatoms. The van der Waals surface area contributed by atoms with Gasteiger partial charge in [-0.3, -0.25) is 14.3 Å². The molecule has 142 valence electrons. The summed E-state index contributed by atoms with van der Waals surface area (Å²) in [7, 11) is 0. The lowest BCUT2D eigenvalue weighted by molar-refractivity contribution is 0.0734. The van der Waals surface area contributed by atoms with Crippen LogP contribution in [0.1, 0.15) is 63.9 Å². The largest absolute Gasteiger partial charge is 0.366 e. The Balaban J connectivity index is 1.42. The fraction of sp³-hybridized carbons (Fsp3) is 0.476. The Morgan fingerprint density at radius 1 is 1.11 bits per heavy atom. The smallest absolute Gasteiger partial charge is 0.257 e. The second-order valence-corrected chi connectivity index (χ2v) is 7.78. The van der Waals surface area contributed by atoms with E-state index in [-0.39, 0.29) is 5.91 Å². The highest BCUT2D eigenvalue weighted by atomic mass is 16.2. The third-order valence-corrected chi connectivity index (χ3v) is 5.84. The zero-order valence-electron chi connectivity index (χ0n) is 15.6. The van der Waals surface area contributed by atoms with Crippen molar-refractivity contribution in [3.8, 4) is 0 Å². The van der Waals surface area contributed by atoms with E-state index < -0.39 is 5.91 Å².